The van der Waals surface area contributed by atoms with Crippen molar-refractivity contribution in [1.29, 1.82) is 0 Å². The van der Waals surface area contributed by atoms with E-state index in [1.807, 2.05) is 13.0 Å². The van der Waals surface area contributed by atoms with Crippen LogP contribution in [-0.4, -0.2) is 80.1 Å². The fourth-order valence-corrected chi connectivity index (χ4v) is 6.25. The number of ether oxygens (including phenoxy) is 1. The first kappa shape index (κ1) is 31.0. The second-order valence-corrected chi connectivity index (χ2v) is 11.9. The van der Waals surface area contributed by atoms with Crippen molar-refractivity contribution in [3.63, 3.8) is 0 Å². The summed E-state index contributed by atoms with van der Waals surface area (Å²) < 4.78 is 5.77. The molecule has 1 saturated heterocycles. The zero-order chi connectivity index (χ0) is 28.4. The van der Waals surface area contributed by atoms with Gasteiger partial charge in [-0.1, -0.05) is 49.6 Å². The highest BCUT2D eigenvalue weighted by atomic mass is 16.5. The maximum Gasteiger partial charge on any atom is 0.236 e. The molecule has 0 aromatic heterocycles. The SMILES string of the molecule is C#C[C@@](C)(/C=C/C)C[C@H]1[C@H](C=C)[C@@H](c2ccc3c(c2)CCO3)CN1CC(=O)N(CCCC)CCCCN(C)C. The Morgan fingerprint density at radius 2 is 2.00 bits per heavy atom. The number of fused-ring (bicyclic) bond motifs is 1. The van der Waals surface area contributed by atoms with E-state index in [9.17, 15) is 4.79 Å². The highest BCUT2D eigenvalue weighted by Gasteiger charge is 2.44. The van der Waals surface area contributed by atoms with Crippen LogP contribution in [0.3, 0.4) is 0 Å². The fourth-order valence-electron chi connectivity index (χ4n) is 6.25. The van der Waals surface area contributed by atoms with Gasteiger partial charge < -0.3 is 14.5 Å². The Morgan fingerprint density at radius 3 is 2.67 bits per heavy atom. The first-order valence-electron chi connectivity index (χ1n) is 14.9. The van der Waals surface area contributed by atoms with Gasteiger partial charge in [-0.25, -0.2) is 0 Å². The van der Waals surface area contributed by atoms with E-state index < -0.39 is 0 Å². The number of likely N-dealkylation sites (tertiary alicyclic amines) is 1. The summed E-state index contributed by atoms with van der Waals surface area (Å²) >= 11 is 0. The third-order valence-electron chi connectivity index (χ3n) is 8.48. The van der Waals surface area contributed by atoms with Crippen molar-refractivity contribution in [2.24, 2.45) is 11.3 Å². The van der Waals surface area contributed by atoms with E-state index in [1.54, 1.807) is 0 Å². The van der Waals surface area contributed by atoms with Crippen LogP contribution in [-0.2, 0) is 11.2 Å². The van der Waals surface area contributed by atoms with Crippen LogP contribution in [0.4, 0.5) is 0 Å². The summed E-state index contributed by atoms with van der Waals surface area (Å²) in [7, 11) is 4.21. The maximum atomic E-state index is 13.8. The minimum atomic E-state index is -0.378. The number of carbonyl (C=O) groups is 1. The molecule has 0 saturated carbocycles. The maximum absolute atomic E-state index is 13.8. The lowest BCUT2D eigenvalue weighted by atomic mass is 9.77. The monoisotopic (exact) mass is 533 g/mol. The van der Waals surface area contributed by atoms with E-state index in [4.69, 9.17) is 11.2 Å². The Bertz CT molecular complexity index is 1030. The van der Waals surface area contributed by atoms with Crippen LogP contribution in [0.1, 0.15) is 69.9 Å². The van der Waals surface area contributed by atoms with Crippen molar-refractivity contribution in [2.45, 2.75) is 71.3 Å². The predicted molar refractivity (Wildman–Crippen MR) is 163 cm³/mol. The van der Waals surface area contributed by atoms with Gasteiger partial charge in [0, 0.05) is 49.3 Å². The largest absolute Gasteiger partial charge is 0.493 e. The zero-order valence-electron chi connectivity index (χ0n) is 25.1. The van der Waals surface area contributed by atoms with E-state index in [-0.39, 0.29) is 29.2 Å². The molecule has 0 bridgehead atoms. The normalized spacial score (nSPS) is 22.4. The average molecular weight is 534 g/mol. The van der Waals surface area contributed by atoms with Crippen LogP contribution in [0.15, 0.2) is 43.0 Å². The fraction of sp³-hybridized carbons (Fsp3) is 0.618. The quantitative estimate of drug-likeness (QED) is 0.163. The summed E-state index contributed by atoms with van der Waals surface area (Å²) in [5.41, 5.74) is 2.22. The Morgan fingerprint density at radius 1 is 1.26 bits per heavy atom. The molecule has 0 N–H and O–H groups in total. The van der Waals surface area contributed by atoms with Crippen LogP contribution in [0.25, 0.3) is 0 Å². The van der Waals surface area contributed by atoms with Crippen molar-refractivity contribution in [3.05, 3.63) is 54.1 Å². The molecule has 2 aliphatic heterocycles. The standard InChI is InChI=1S/C34H51N3O2/c1-8-12-20-36(21-14-13-19-35(6)7)33(38)26-37-25-30(27-15-16-32-28(23-27)17-22-39-32)29(10-3)31(37)24-34(5,11-4)18-9-2/h4,9-10,15-16,18,23,29-31H,3,8,12-14,17,19-22,24-26H2,1-2,5-7H3/b18-9+/t29-,30-,31+,34+/m1/s1. The molecule has 1 amide bonds. The highest BCUT2D eigenvalue weighted by Crippen LogP contribution is 2.44. The van der Waals surface area contributed by atoms with Gasteiger partial charge in [0.05, 0.1) is 13.2 Å². The van der Waals surface area contributed by atoms with Gasteiger partial charge in [-0.05, 0) is 77.4 Å². The van der Waals surface area contributed by atoms with E-state index in [0.29, 0.717) is 6.54 Å². The average Bonchev–Trinajstić information content (AvgIpc) is 3.52. The Balaban J connectivity index is 1.85. The number of hydrogen-bond acceptors (Lipinski definition) is 4. The summed E-state index contributed by atoms with van der Waals surface area (Å²) in [6, 6.07) is 6.78. The lowest BCUT2D eigenvalue weighted by Gasteiger charge is -2.34. The lowest BCUT2D eigenvalue weighted by Crippen LogP contribution is -2.45. The van der Waals surface area contributed by atoms with E-state index >= 15 is 0 Å². The second-order valence-electron chi connectivity index (χ2n) is 11.9. The van der Waals surface area contributed by atoms with E-state index in [2.05, 4.69) is 85.5 Å². The molecular formula is C34H51N3O2. The van der Waals surface area contributed by atoms with Crippen LogP contribution in [0.5, 0.6) is 5.75 Å². The number of terminal acetylenes is 1. The number of rotatable bonds is 15. The minimum Gasteiger partial charge on any atom is -0.493 e. The van der Waals surface area contributed by atoms with Crippen molar-refractivity contribution in [2.75, 3.05) is 53.4 Å². The van der Waals surface area contributed by atoms with Gasteiger partial charge in [-0.2, -0.15) is 0 Å². The van der Waals surface area contributed by atoms with Gasteiger partial charge >= 0.3 is 0 Å². The molecule has 5 heteroatoms. The van der Waals surface area contributed by atoms with Gasteiger partial charge in [0.15, 0.2) is 0 Å². The van der Waals surface area contributed by atoms with Crippen molar-refractivity contribution < 1.29 is 9.53 Å². The van der Waals surface area contributed by atoms with Crippen molar-refractivity contribution in [1.82, 2.24) is 14.7 Å². The molecule has 2 aliphatic rings. The second kappa shape index (κ2) is 14.7. The molecule has 3 rings (SSSR count). The predicted octanol–water partition coefficient (Wildman–Crippen LogP) is 5.77. The van der Waals surface area contributed by atoms with Crippen LogP contribution in [0.2, 0.25) is 0 Å². The molecule has 39 heavy (non-hydrogen) atoms. The summed E-state index contributed by atoms with van der Waals surface area (Å²) in [6.07, 6.45) is 18.3. The van der Waals surface area contributed by atoms with E-state index in [0.717, 1.165) is 77.1 Å². The Kier molecular flexibility index (Phi) is 11.7. The number of nitrogens with zero attached hydrogens (tertiary/aromatic N) is 3. The number of hydrogen-bond donors (Lipinski definition) is 0. The third kappa shape index (κ3) is 8.22. The zero-order valence-corrected chi connectivity index (χ0v) is 25.1. The van der Waals surface area contributed by atoms with E-state index in [1.165, 1.54) is 11.1 Å². The number of carbonyl (C=O) groups excluding carboxylic acids is 1. The molecule has 4 atom stereocenters. The smallest absolute Gasteiger partial charge is 0.236 e. The minimum absolute atomic E-state index is 0.139. The molecule has 0 unspecified atom stereocenters. The Labute approximate surface area is 238 Å². The van der Waals surface area contributed by atoms with Gasteiger partial charge in [-0.3, -0.25) is 9.69 Å². The van der Waals surface area contributed by atoms with Gasteiger partial charge in [0.25, 0.3) is 0 Å². The highest BCUT2D eigenvalue weighted by molar-refractivity contribution is 5.78. The number of allylic oxidation sites excluding steroid dienone is 2. The molecule has 5 nitrogen and oxygen atoms in total. The van der Waals surface area contributed by atoms with Crippen LogP contribution >= 0.6 is 0 Å². The molecule has 0 spiro atoms. The molecule has 1 aromatic rings. The molecule has 1 fully saturated rings. The topological polar surface area (TPSA) is 36.0 Å². The molecule has 1 aromatic carbocycles. The first-order chi connectivity index (χ1) is 18.7. The summed E-state index contributed by atoms with van der Waals surface area (Å²) in [6.45, 7) is 15.3. The molecule has 214 valence electrons. The summed E-state index contributed by atoms with van der Waals surface area (Å²) in [5, 5.41) is 0. The van der Waals surface area contributed by atoms with Crippen molar-refractivity contribution >= 4 is 5.91 Å². The summed E-state index contributed by atoms with van der Waals surface area (Å²) in [4.78, 5) is 20.5. The van der Waals surface area contributed by atoms with Crippen LogP contribution < -0.4 is 4.74 Å². The third-order valence-corrected chi connectivity index (χ3v) is 8.48. The number of unbranched alkanes of at least 4 members (excludes halogenated alkanes) is 2. The number of amides is 1. The van der Waals surface area contributed by atoms with Crippen LogP contribution in [0, 0.1) is 23.7 Å². The first-order valence-corrected chi connectivity index (χ1v) is 14.9. The molecule has 0 aliphatic carbocycles. The molecular weight excluding hydrogens is 482 g/mol. The lowest BCUT2D eigenvalue weighted by molar-refractivity contribution is -0.133. The van der Waals surface area contributed by atoms with Gasteiger partial charge in [-0.15, -0.1) is 13.0 Å². The molecule has 0 radical (unpaired) electrons. The molecule has 2 heterocycles. The number of benzene rings is 1. The van der Waals surface area contributed by atoms with Gasteiger partial charge in [0.1, 0.15) is 5.75 Å². The summed E-state index contributed by atoms with van der Waals surface area (Å²) in [5.74, 6) is 4.76. The van der Waals surface area contributed by atoms with Gasteiger partial charge in [0.2, 0.25) is 5.91 Å². The Hall–Kier alpha value is -2.55. The van der Waals surface area contributed by atoms with Crippen molar-refractivity contribution in [3.8, 4) is 18.1 Å².